The molecule has 0 unspecified atom stereocenters. The third-order valence-corrected chi connectivity index (χ3v) is 5.06. The molecule has 0 atom stereocenters. The third-order valence-electron chi connectivity index (χ3n) is 5.06. The molecule has 8 nitrogen and oxygen atoms in total. The first-order valence-corrected chi connectivity index (χ1v) is 10.5. The molecule has 1 N–H and O–H groups in total. The summed E-state index contributed by atoms with van der Waals surface area (Å²) in [5.74, 6) is -0.302. The lowest BCUT2D eigenvalue weighted by molar-refractivity contribution is 0.0594. The van der Waals surface area contributed by atoms with Crippen molar-refractivity contribution in [2.45, 2.75) is 39.3 Å². The van der Waals surface area contributed by atoms with Crippen molar-refractivity contribution in [1.82, 2.24) is 15.3 Å². The second-order valence-electron chi connectivity index (χ2n) is 7.11. The van der Waals surface area contributed by atoms with Crippen molar-refractivity contribution in [3.63, 3.8) is 0 Å². The maximum Gasteiger partial charge on any atom is 0.356 e. The Bertz CT molecular complexity index is 863. The Morgan fingerprint density at radius 3 is 2.42 bits per heavy atom. The maximum atomic E-state index is 14.7. The summed E-state index contributed by atoms with van der Waals surface area (Å²) in [6.07, 6.45) is 3.33. The summed E-state index contributed by atoms with van der Waals surface area (Å²) >= 11 is 0. The van der Waals surface area contributed by atoms with Crippen LogP contribution in [0.2, 0.25) is 0 Å². The Hall–Kier alpha value is -2.94. The van der Waals surface area contributed by atoms with Gasteiger partial charge in [-0.05, 0) is 63.5 Å². The molecule has 0 radical (unpaired) electrons. The molecule has 0 spiro atoms. The molecule has 31 heavy (non-hydrogen) atoms. The minimum absolute atomic E-state index is 0.151. The van der Waals surface area contributed by atoms with Crippen LogP contribution in [0.5, 0.6) is 11.5 Å². The average Bonchev–Trinajstić information content (AvgIpc) is 2.80. The molecule has 1 fully saturated rings. The fourth-order valence-corrected chi connectivity index (χ4v) is 3.62. The van der Waals surface area contributed by atoms with Crippen LogP contribution < -0.4 is 19.7 Å². The Balaban J connectivity index is 1.98. The van der Waals surface area contributed by atoms with Crippen LogP contribution in [0.1, 0.15) is 42.7 Å². The molecule has 0 amide bonds. The number of carbonyl (C=O) groups excluding carboxylic acids is 1. The molecule has 1 aromatic heterocycles. The second-order valence-corrected chi connectivity index (χ2v) is 7.11. The molecule has 0 aliphatic carbocycles. The molecule has 9 heteroatoms. The number of methoxy groups -OCH3 is 1. The highest BCUT2D eigenvalue weighted by Crippen LogP contribution is 2.31. The number of ether oxygens (including phenoxy) is 3. The van der Waals surface area contributed by atoms with Gasteiger partial charge in [0.25, 0.3) is 0 Å². The Morgan fingerprint density at radius 1 is 1.19 bits per heavy atom. The van der Waals surface area contributed by atoms with E-state index >= 15 is 0 Å². The number of benzene rings is 1. The number of rotatable bonds is 9. The first kappa shape index (κ1) is 22.7. The number of anilines is 1. The maximum absolute atomic E-state index is 14.7. The molecule has 2 aromatic rings. The van der Waals surface area contributed by atoms with Crippen molar-refractivity contribution >= 4 is 11.9 Å². The monoisotopic (exact) mass is 432 g/mol. The van der Waals surface area contributed by atoms with Crippen LogP contribution >= 0.6 is 0 Å². The van der Waals surface area contributed by atoms with Gasteiger partial charge in [-0.2, -0.15) is 4.39 Å². The van der Waals surface area contributed by atoms with Gasteiger partial charge in [-0.25, -0.2) is 14.8 Å². The predicted molar refractivity (Wildman–Crippen MR) is 114 cm³/mol. The standard InChI is InChI=1S/C22H29FN4O4/c1-4-30-18-12-15(13-19(20(18)23)31-5-2)14-27(16-6-9-24-10-7-16)22-25-11-8-17(26-22)21(28)29-3/h8,11-13,16,24H,4-7,9-10,14H2,1-3H3. The van der Waals surface area contributed by atoms with Crippen molar-refractivity contribution < 1.29 is 23.4 Å². The molecule has 2 heterocycles. The Morgan fingerprint density at radius 2 is 1.84 bits per heavy atom. The summed E-state index contributed by atoms with van der Waals surface area (Å²) in [5.41, 5.74) is 0.995. The van der Waals surface area contributed by atoms with E-state index in [9.17, 15) is 9.18 Å². The van der Waals surface area contributed by atoms with E-state index in [1.54, 1.807) is 32.2 Å². The van der Waals surface area contributed by atoms with E-state index in [1.165, 1.54) is 13.2 Å². The summed E-state index contributed by atoms with van der Waals surface area (Å²) in [5, 5.41) is 3.35. The van der Waals surface area contributed by atoms with Crippen LogP contribution in [0, 0.1) is 5.82 Å². The van der Waals surface area contributed by atoms with E-state index in [2.05, 4.69) is 15.3 Å². The lowest BCUT2D eigenvalue weighted by atomic mass is 10.0. The highest BCUT2D eigenvalue weighted by Gasteiger charge is 2.25. The number of halogens is 1. The molecule has 0 saturated carbocycles. The van der Waals surface area contributed by atoms with Crippen molar-refractivity contribution in [2.75, 3.05) is 38.3 Å². The van der Waals surface area contributed by atoms with Gasteiger partial charge in [-0.15, -0.1) is 0 Å². The molecule has 0 bridgehead atoms. The highest BCUT2D eigenvalue weighted by molar-refractivity contribution is 5.87. The normalized spacial score (nSPS) is 14.2. The zero-order valence-electron chi connectivity index (χ0n) is 18.2. The van der Waals surface area contributed by atoms with Gasteiger partial charge >= 0.3 is 5.97 Å². The van der Waals surface area contributed by atoms with Crippen LogP contribution in [0.3, 0.4) is 0 Å². The minimum Gasteiger partial charge on any atom is -0.491 e. The van der Waals surface area contributed by atoms with Gasteiger partial charge in [0.1, 0.15) is 0 Å². The lowest BCUT2D eigenvalue weighted by Crippen LogP contribution is -2.43. The van der Waals surface area contributed by atoms with E-state index in [1.807, 2.05) is 4.90 Å². The van der Waals surface area contributed by atoms with Crippen LogP contribution in [-0.4, -0.2) is 55.4 Å². The van der Waals surface area contributed by atoms with Crippen molar-refractivity contribution in [1.29, 1.82) is 0 Å². The van der Waals surface area contributed by atoms with Crippen molar-refractivity contribution in [3.8, 4) is 11.5 Å². The van der Waals surface area contributed by atoms with E-state index in [0.29, 0.717) is 25.7 Å². The van der Waals surface area contributed by atoms with Crippen LogP contribution in [0.15, 0.2) is 24.4 Å². The van der Waals surface area contributed by atoms with E-state index in [0.717, 1.165) is 31.5 Å². The minimum atomic E-state index is -0.520. The summed E-state index contributed by atoms with van der Waals surface area (Å²) in [6, 6.07) is 5.04. The summed E-state index contributed by atoms with van der Waals surface area (Å²) < 4.78 is 30.4. The first-order valence-electron chi connectivity index (χ1n) is 10.5. The SMILES string of the molecule is CCOc1cc(CN(c2nccc(C(=O)OC)n2)C2CCNCC2)cc(OCC)c1F. The van der Waals surface area contributed by atoms with Crippen LogP contribution in [0.4, 0.5) is 10.3 Å². The van der Waals surface area contributed by atoms with Gasteiger partial charge in [0, 0.05) is 18.8 Å². The van der Waals surface area contributed by atoms with E-state index in [-0.39, 0.29) is 23.2 Å². The molecular weight excluding hydrogens is 403 g/mol. The van der Waals surface area contributed by atoms with Gasteiger partial charge in [0.15, 0.2) is 17.2 Å². The number of aromatic nitrogens is 2. The Labute approximate surface area is 181 Å². The topological polar surface area (TPSA) is 85.8 Å². The second kappa shape index (κ2) is 10.9. The molecule has 3 rings (SSSR count). The largest absolute Gasteiger partial charge is 0.491 e. The smallest absolute Gasteiger partial charge is 0.356 e. The molecule has 1 saturated heterocycles. The molecule has 168 valence electrons. The third kappa shape index (κ3) is 5.61. The number of esters is 1. The number of nitrogens with zero attached hydrogens (tertiary/aromatic N) is 3. The van der Waals surface area contributed by atoms with Crippen molar-refractivity contribution in [2.24, 2.45) is 0 Å². The number of carbonyl (C=O) groups is 1. The zero-order chi connectivity index (χ0) is 22.2. The summed E-state index contributed by atoms with van der Waals surface area (Å²) in [6.45, 7) is 6.45. The predicted octanol–water partition coefficient (Wildman–Crippen LogP) is 2.96. The highest BCUT2D eigenvalue weighted by atomic mass is 19.1. The van der Waals surface area contributed by atoms with Gasteiger partial charge in [0.2, 0.25) is 11.8 Å². The summed E-state index contributed by atoms with van der Waals surface area (Å²) in [7, 11) is 1.32. The quantitative estimate of drug-likeness (QED) is 0.606. The van der Waals surface area contributed by atoms with E-state index < -0.39 is 11.8 Å². The Kier molecular flexibility index (Phi) is 8.00. The zero-order valence-corrected chi connectivity index (χ0v) is 18.2. The fourth-order valence-electron chi connectivity index (χ4n) is 3.62. The number of piperidine rings is 1. The molecule has 1 aliphatic rings. The van der Waals surface area contributed by atoms with Crippen LogP contribution in [-0.2, 0) is 11.3 Å². The molecule has 1 aromatic carbocycles. The number of hydrogen-bond acceptors (Lipinski definition) is 8. The van der Waals surface area contributed by atoms with Gasteiger partial charge in [-0.3, -0.25) is 0 Å². The molecule has 1 aliphatic heterocycles. The number of hydrogen-bond donors (Lipinski definition) is 1. The summed E-state index contributed by atoms with van der Waals surface area (Å²) in [4.78, 5) is 22.9. The van der Waals surface area contributed by atoms with Gasteiger partial charge in [-0.1, -0.05) is 0 Å². The lowest BCUT2D eigenvalue weighted by Gasteiger charge is -2.35. The average molecular weight is 432 g/mol. The van der Waals surface area contributed by atoms with Gasteiger partial charge < -0.3 is 24.4 Å². The van der Waals surface area contributed by atoms with Crippen LogP contribution in [0.25, 0.3) is 0 Å². The number of nitrogens with one attached hydrogen (secondary N) is 1. The van der Waals surface area contributed by atoms with Gasteiger partial charge in [0.05, 0.1) is 20.3 Å². The molecular formula is C22H29FN4O4. The first-order chi connectivity index (χ1) is 15.1. The van der Waals surface area contributed by atoms with E-state index in [4.69, 9.17) is 14.2 Å². The fraction of sp³-hybridized carbons (Fsp3) is 0.500. The van der Waals surface area contributed by atoms with Crippen molar-refractivity contribution in [3.05, 3.63) is 41.5 Å².